The summed E-state index contributed by atoms with van der Waals surface area (Å²) in [4.78, 5) is 33.3. The van der Waals surface area contributed by atoms with Gasteiger partial charge >= 0.3 is 11.9 Å². The van der Waals surface area contributed by atoms with Crippen molar-refractivity contribution in [2.75, 3.05) is 6.61 Å². The van der Waals surface area contributed by atoms with Crippen LogP contribution in [0.5, 0.6) is 5.75 Å². The van der Waals surface area contributed by atoms with Crippen LogP contribution in [0.4, 0.5) is 0 Å². The molecule has 0 saturated carbocycles. The Kier molecular flexibility index (Phi) is 7.46. The first-order valence-electron chi connectivity index (χ1n) is 6.90. The number of hydrogen-bond acceptors (Lipinski definition) is 9. The number of esters is 2. The molecule has 1 aromatic rings. The van der Waals surface area contributed by atoms with Gasteiger partial charge in [-0.2, -0.15) is 0 Å². The van der Waals surface area contributed by atoms with Gasteiger partial charge in [0.05, 0.1) is 0 Å². The number of rotatable bonds is 8. The van der Waals surface area contributed by atoms with Crippen molar-refractivity contribution in [3.63, 3.8) is 0 Å². The Morgan fingerprint density at radius 2 is 1.75 bits per heavy atom. The van der Waals surface area contributed by atoms with Crippen molar-refractivity contribution in [1.29, 1.82) is 0 Å². The average molecular weight is 342 g/mol. The Morgan fingerprint density at radius 3 is 2.33 bits per heavy atom. The van der Waals surface area contributed by atoms with E-state index in [4.69, 9.17) is 14.6 Å². The second-order valence-electron chi connectivity index (χ2n) is 4.86. The van der Waals surface area contributed by atoms with Gasteiger partial charge < -0.3 is 34.7 Å². The monoisotopic (exact) mass is 342 g/mol. The molecule has 0 spiro atoms. The van der Waals surface area contributed by atoms with E-state index in [0.717, 1.165) is 6.92 Å². The number of aldehydes is 1. The van der Waals surface area contributed by atoms with Gasteiger partial charge in [0.25, 0.3) is 0 Å². The van der Waals surface area contributed by atoms with Crippen molar-refractivity contribution in [3.05, 3.63) is 29.8 Å². The highest BCUT2D eigenvalue weighted by molar-refractivity contribution is 5.93. The number of carbonyl (C=O) groups is 3. The van der Waals surface area contributed by atoms with Crippen LogP contribution in [0.3, 0.4) is 0 Å². The molecule has 24 heavy (non-hydrogen) atoms. The zero-order valence-corrected chi connectivity index (χ0v) is 12.7. The van der Waals surface area contributed by atoms with E-state index in [0.29, 0.717) is 0 Å². The van der Waals surface area contributed by atoms with E-state index in [1.165, 1.54) is 24.3 Å². The summed E-state index contributed by atoms with van der Waals surface area (Å²) < 4.78 is 9.62. The number of benzene rings is 1. The molecule has 0 amide bonds. The summed E-state index contributed by atoms with van der Waals surface area (Å²) >= 11 is 0. The van der Waals surface area contributed by atoms with Gasteiger partial charge in [0, 0.05) is 6.92 Å². The molecule has 9 heteroatoms. The fourth-order valence-corrected chi connectivity index (χ4v) is 1.73. The lowest BCUT2D eigenvalue weighted by Crippen LogP contribution is -2.46. The fraction of sp³-hybridized carbons (Fsp3) is 0.400. The molecule has 0 aliphatic heterocycles. The number of aliphatic hydroxyl groups excluding tert-OH is 4. The van der Waals surface area contributed by atoms with Crippen LogP contribution in [0.25, 0.3) is 0 Å². The zero-order valence-electron chi connectivity index (χ0n) is 12.7. The smallest absolute Gasteiger partial charge is 0.342 e. The van der Waals surface area contributed by atoms with Crippen LogP contribution in [0, 0.1) is 0 Å². The molecule has 0 heterocycles. The minimum absolute atomic E-state index is 0.0119. The van der Waals surface area contributed by atoms with Crippen LogP contribution in [0.1, 0.15) is 17.3 Å². The van der Waals surface area contributed by atoms with Gasteiger partial charge in [0.1, 0.15) is 42.3 Å². The molecule has 9 nitrogen and oxygen atoms in total. The summed E-state index contributed by atoms with van der Waals surface area (Å²) in [5, 5.41) is 37.7. The highest BCUT2D eigenvalue weighted by Crippen LogP contribution is 2.19. The van der Waals surface area contributed by atoms with Crippen LogP contribution in [-0.2, 0) is 14.3 Å². The summed E-state index contributed by atoms with van der Waals surface area (Å²) in [5.41, 5.74) is -0.0807. The van der Waals surface area contributed by atoms with Gasteiger partial charge in [0.15, 0.2) is 6.29 Å². The van der Waals surface area contributed by atoms with Gasteiger partial charge in [-0.1, -0.05) is 12.1 Å². The quantitative estimate of drug-likeness (QED) is 0.249. The lowest BCUT2D eigenvalue weighted by atomic mass is 10.0. The zero-order chi connectivity index (χ0) is 18.3. The predicted octanol–water partition coefficient (Wildman–Crippen LogP) is -1.59. The molecule has 0 unspecified atom stereocenters. The van der Waals surface area contributed by atoms with E-state index in [9.17, 15) is 29.7 Å². The van der Waals surface area contributed by atoms with Crippen LogP contribution < -0.4 is 4.74 Å². The lowest BCUT2D eigenvalue weighted by molar-refractivity contribution is -0.136. The minimum Gasteiger partial charge on any atom is -0.459 e. The van der Waals surface area contributed by atoms with Crippen LogP contribution >= 0.6 is 0 Å². The molecule has 4 atom stereocenters. The predicted molar refractivity (Wildman–Crippen MR) is 78.1 cm³/mol. The Bertz CT molecular complexity index is 586. The molecule has 1 aromatic carbocycles. The molecule has 0 aromatic heterocycles. The molecule has 0 aliphatic rings. The van der Waals surface area contributed by atoms with E-state index in [2.05, 4.69) is 0 Å². The van der Waals surface area contributed by atoms with Gasteiger partial charge in [-0.3, -0.25) is 4.79 Å². The van der Waals surface area contributed by atoms with E-state index in [1.807, 2.05) is 0 Å². The van der Waals surface area contributed by atoms with E-state index < -0.39 is 43.0 Å². The second kappa shape index (κ2) is 9.08. The Balaban J connectivity index is 2.69. The Hall–Kier alpha value is -2.33. The van der Waals surface area contributed by atoms with Crippen molar-refractivity contribution in [2.24, 2.45) is 0 Å². The molecule has 1 rings (SSSR count). The van der Waals surface area contributed by atoms with Crippen molar-refractivity contribution in [3.8, 4) is 5.75 Å². The van der Waals surface area contributed by atoms with Gasteiger partial charge in [-0.15, -0.1) is 0 Å². The number of ether oxygens (including phenoxy) is 2. The van der Waals surface area contributed by atoms with Crippen molar-refractivity contribution < 1.29 is 44.3 Å². The van der Waals surface area contributed by atoms with Crippen LogP contribution in [-0.4, -0.2) is 69.7 Å². The topological polar surface area (TPSA) is 151 Å². The van der Waals surface area contributed by atoms with Gasteiger partial charge in [-0.25, -0.2) is 4.79 Å². The Labute approximate surface area is 137 Å². The minimum atomic E-state index is -1.94. The fourth-order valence-electron chi connectivity index (χ4n) is 1.73. The maximum Gasteiger partial charge on any atom is 0.342 e. The van der Waals surface area contributed by atoms with Gasteiger partial charge in [-0.05, 0) is 12.1 Å². The third kappa shape index (κ3) is 5.39. The molecule has 0 saturated heterocycles. The largest absolute Gasteiger partial charge is 0.459 e. The highest BCUT2D eigenvalue weighted by Gasteiger charge is 2.31. The first-order chi connectivity index (χ1) is 11.3. The molecule has 0 radical (unpaired) electrons. The number of aliphatic hydroxyl groups is 4. The van der Waals surface area contributed by atoms with Crippen LogP contribution in [0.15, 0.2) is 24.3 Å². The third-order valence-electron chi connectivity index (χ3n) is 2.98. The number of carbonyl (C=O) groups excluding carboxylic acids is 3. The summed E-state index contributed by atoms with van der Waals surface area (Å²) in [5.74, 6) is -1.62. The third-order valence-corrected chi connectivity index (χ3v) is 2.98. The number of para-hydroxylation sites is 1. The first kappa shape index (κ1) is 19.7. The SMILES string of the molecule is CC(=O)Oc1ccccc1C(=O)OC[C@@H](O)[C@H](O)[C@H](O)[C@@H](O)C=O. The van der Waals surface area contributed by atoms with E-state index >= 15 is 0 Å². The number of hydrogen-bond donors (Lipinski definition) is 4. The van der Waals surface area contributed by atoms with Crippen molar-refractivity contribution in [2.45, 2.75) is 31.3 Å². The first-order valence-corrected chi connectivity index (χ1v) is 6.90. The Morgan fingerprint density at radius 1 is 1.12 bits per heavy atom. The maximum absolute atomic E-state index is 12.0. The molecule has 132 valence electrons. The second-order valence-corrected chi connectivity index (χ2v) is 4.86. The van der Waals surface area contributed by atoms with Gasteiger partial charge in [0.2, 0.25) is 0 Å². The average Bonchev–Trinajstić information content (AvgIpc) is 2.57. The van der Waals surface area contributed by atoms with E-state index in [1.54, 1.807) is 0 Å². The lowest BCUT2D eigenvalue weighted by Gasteiger charge is -2.23. The van der Waals surface area contributed by atoms with Crippen LogP contribution in [0.2, 0.25) is 0 Å². The highest BCUT2D eigenvalue weighted by atomic mass is 16.6. The molecular weight excluding hydrogens is 324 g/mol. The summed E-state index contributed by atoms with van der Waals surface area (Å²) in [6.45, 7) is 0.430. The summed E-state index contributed by atoms with van der Waals surface area (Å²) in [6, 6.07) is 5.73. The standard InChI is InChI=1S/C15H18O9/c1-8(17)24-12-5-3-2-4-9(12)15(22)23-7-11(19)14(21)13(20)10(18)6-16/h2-6,10-11,13-14,18-21H,7H2,1H3/t10-,11+,13+,14-/m0/s1. The van der Waals surface area contributed by atoms with Crippen molar-refractivity contribution in [1.82, 2.24) is 0 Å². The molecule has 4 N–H and O–H groups in total. The maximum atomic E-state index is 12.0. The molecule has 0 fully saturated rings. The van der Waals surface area contributed by atoms with Crippen molar-refractivity contribution >= 4 is 18.2 Å². The summed E-state index contributed by atoms with van der Waals surface area (Å²) in [6.07, 6.45) is -7.51. The molecular formula is C15H18O9. The summed E-state index contributed by atoms with van der Waals surface area (Å²) in [7, 11) is 0. The normalized spacial score (nSPS) is 15.7. The van der Waals surface area contributed by atoms with E-state index in [-0.39, 0.29) is 17.6 Å². The molecule has 0 aliphatic carbocycles. The molecule has 0 bridgehead atoms.